The fourth-order valence-electron chi connectivity index (χ4n) is 4.03. The summed E-state index contributed by atoms with van der Waals surface area (Å²) in [5, 5.41) is 10.6. The normalized spacial score (nSPS) is 13.3. The van der Waals surface area contributed by atoms with Crippen LogP contribution in [0, 0.1) is 13.8 Å². The Kier molecular flexibility index (Phi) is 8.47. The molecule has 0 saturated heterocycles. The first-order valence-corrected chi connectivity index (χ1v) is 13.3. The van der Waals surface area contributed by atoms with Gasteiger partial charge in [-0.05, 0) is 54.8 Å². The first-order valence-electron chi connectivity index (χ1n) is 12.4. The van der Waals surface area contributed by atoms with Gasteiger partial charge in [-0.25, -0.2) is 4.98 Å². The molecule has 0 fully saturated rings. The van der Waals surface area contributed by atoms with Crippen molar-refractivity contribution in [2.75, 3.05) is 15.6 Å². The zero-order valence-electron chi connectivity index (χ0n) is 22.6. The quantitative estimate of drug-likeness (QED) is 0.248. The van der Waals surface area contributed by atoms with Crippen LogP contribution >= 0.6 is 11.3 Å². The van der Waals surface area contributed by atoms with Crippen molar-refractivity contribution in [2.45, 2.75) is 53.4 Å². The highest BCUT2D eigenvalue weighted by Gasteiger charge is 2.34. The smallest absolute Gasteiger partial charge is 0.322 e. The second-order valence-corrected chi connectivity index (χ2v) is 10.7. The third-order valence-electron chi connectivity index (χ3n) is 6.13. The highest BCUT2D eigenvalue weighted by molar-refractivity contribution is 7.16. The summed E-state index contributed by atoms with van der Waals surface area (Å²) in [7, 11) is 0. The summed E-state index contributed by atoms with van der Waals surface area (Å²) in [5.74, 6) is -0.761. The number of hydrazine groups is 2. The molecule has 1 aliphatic heterocycles. The number of hydrogen-bond donors (Lipinski definition) is 5. The largest absolute Gasteiger partial charge is 0.416 e. The average molecular weight is 574 g/mol. The van der Waals surface area contributed by atoms with Crippen LogP contribution in [0.15, 0.2) is 42.7 Å². The molecule has 4 rings (SSSR count). The number of nitrogens with zero attached hydrogens (tertiary/aromatic N) is 2. The topological polar surface area (TPSA) is 110 Å². The molecule has 1 aliphatic rings. The zero-order valence-corrected chi connectivity index (χ0v) is 23.4. The van der Waals surface area contributed by atoms with E-state index in [4.69, 9.17) is 0 Å². The minimum absolute atomic E-state index is 0.0638. The lowest BCUT2D eigenvalue weighted by Crippen LogP contribution is -2.36. The van der Waals surface area contributed by atoms with E-state index < -0.39 is 17.6 Å². The van der Waals surface area contributed by atoms with Crippen molar-refractivity contribution in [3.05, 3.63) is 75.4 Å². The van der Waals surface area contributed by atoms with Crippen molar-refractivity contribution >= 4 is 45.4 Å². The molecular formula is C27H30F3N7O2S. The van der Waals surface area contributed by atoms with Gasteiger partial charge in [0.25, 0.3) is 5.91 Å². The minimum Gasteiger partial charge on any atom is -0.322 e. The molecule has 2 heterocycles. The molecular weight excluding hydrogens is 543 g/mol. The van der Waals surface area contributed by atoms with Crippen molar-refractivity contribution in [3.8, 4) is 0 Å². The Morgan fingerprint density at radius 1 is 1.12 bits per heavy atom. The molecule has 0 atom stereocenters. The number of carbonyl (C=O) groups is 2. The third kappa shape index (κ3) is 6.79. The Balaban J connectivity index is 1.57. The zero-order chi connectivity index (χ0) is 29.2. The van der Waals surface area contributed by atoms with Crippen LogP contribution in [0.25, 0.3) is 5.70 Å². The third-order valence-corrected chi connectivity index (χ3v) is 7.08. The Bertz CT molecular complexity index is 1470. The van der Waals surface area contributed by atoms with Gasteiger partial charge in [0.05, 0.1) is 21.8 Å². The fraction of sp³-hybridized carbons (Fsp3) is 0.296. The van der Waals surface area contributed by atoms with Crippen LogP contribution in [0.3, 0.4) is 0 Å². The number of anilines is 3. The highest BCUT2D eigenvalue weighted by Crippen LogP contribution is 2.36. The van der Waals surface area contributed by atoms with Crippen LogP contribution in [-0.4, -0.2) is 22.8 Å². The molecule has 0 radical (unpaired) electrons. The van der Waals surface area contributed by atoms with E-state index in [2.05, 4.69) is 31.9 Å². The van der Waals surface area contributed by atoms with Crippen molar-refractivity contribution in [3.63, 3.8) is 0 Å². The SMILES string of the molecule is CC(=O)Nc1ncc(C2=CN(c3cc(C(=O)Nc4cc(CNC(C)C)c(C)c(C(F)(F)F)c4)ccc3C)NN2)s1. The summed E-state index contributed by atoms with van der Waals surface area (Å²) in [5.41, 5.74) is 8.38. The molecule has 2 amide bonds. The van der Waals surface area contributed by atoms with Crippen LogP contribution in [0.5, 0.6) is 0 Å². The van der Waals surface area contributed by atoms with E-state index in [1.807, 2.05) is 20.8 Å². The Labute approximate surface area is 233 Å². The van der Waals surface area contributed by atoms with Gasteiger partial charge in [-0.1, -0.05) is 31.3 Å². The molecule has 3 aromatic rings. The molecule has 40 heavy (non-hydrogen) atoms. The molecule has 0 spiro atoms. The number of amides is 2. The maximum Gasteiger partial charge on any atom is 0.416 e. The monoisotopic (exact) mass is 573 g/mol. The number of aromatic nitrogens is 1. The molecule has 0 unspecified atom stereocenters. The van der Waals surface area contributed by atoms with Gasteiger partial charge < -0.3 is 21.4 Å². The lowest BCUT2D eigenvalue weighted by atomic mass is 10.00. The van der Waals surface area contributed by atoms with E-state index in [1.165, 1.54) is 25.2 Å². The van der Waals surface area contributed by atoms with Gasteiger partial charge in [-0.3, -0.25) is 14.6 Å². The van der Waals surface area contributed by atoms with Crippen LogP contribution in [0.1, 0.15) is 58.3 Å². The maximum absolute atomic E-state index is 13.8. The van der Waals surface area contributed by atoms with E-state index in [0.717, 1.165) is 16.5 Å². The number of aryl methyl sites for hydroxylation is 1. The molecule has 5 N–H and O–H groups in total. The van der Waals surface area contributed by atoms with Crippen LogP contribution < -0.4 is 31.9 Å². The van der Waals surface area contributed by atoms with Gasteiger partial charge in [-0.15, -0.1) is 5.53 Å². The van der Waals surface area contributed by atoms with Crippen LogP contribution in [0.2, 0.25) is 0 Å². The molecule has 2 aromatic carbocycles. The first-order chi connectivity index (χ1) is 18.8. The van der Waals surface area contributed by atoms with Gasteiger partial charge in [-0.2, -0.15) is 13.2 Å². The van der Waals surface area contributed by atoms with Gasteiger partial charge in [0.2, 0.25) is 5.91 Å². The molecule has 0 bridgehead atoms. The van der Waals surface area contributed by atoms with E-state index in [-0.39, 0.29) is 35.3 Å². The number of alkyl halides is 3. The predicted molar refractivity (Wildman–Crippen MR) is 150 cm³/mol. The minimum atomic E-state index is -4.56. The summed E-state index contributed by atoms with van der Waals surface area (Å²) in [4.78, 5) is 29.4. The van der Waals surface area contributed by atoms with E-state index in [0.29, 0.717) is 22.1 Å². The summed E-state index contributed by atoms with van der Waals surface area (Å²) in [6, 6.07) is 7.63. The molecule has 0 aliphatic carbocycles. The highest BCUT2D eigenvalue weighted by atomic mass is 32.1. The number of benzene rings is 2. The van der Waals surface area contributed by atoms with E-state index >= 15 is 0 Å². The predicted octanol–water partition coefficient (Wildman–Crippen LogP) is 5.32. The number of halogens is 3. The Hall–Kier alpha value is -3.94. The number of carbonyl (C=O) groups excluding carboxylic acids is 2. The first kappa shape index (κ1) is 29.1. The Morgan fingerprint density at radius 2 is 1.88 bits per heavy atom. The summed E-state index contributed by atoms with van der Waals surface area (Å²) in [6.07, 6.45) is -1.16. The summed E-state index contributed by atoms with van der Waals surface area (Å²) >= 11 is 1.29. The van der Waals surface area contributed by atoms with Crippen LogP contribution in [0.4, 0.5) is 29.7 Å². The van der Waals surface area contributed by atoms with E-state index in [1.54, 1.807) is 41.7 Å². The second-order valence-electron chi connectivity index (χ2n) is 9.66. The van der Waals surface area contributed by atoms with Gasteiger partial charge in [0.1, 0.15) is 0 Å². The summed E-state index contributed by atoms with van der Waals surface area (Å²) < 4.78 is 41.3. The average Bonchev–Trinajstić information content (AvgIpc) is 3.53. The molecule has 9 nitrogen and oxygen atoms in total. The Morgan fingerprint density at radius 3 is 2.55 bits per heavy atom. The second kappa shape index (κ2) is 11.7. The molecule has 212 valence electrons. The lowest BCUT2D eigenvalue weighted by Gasteiger charge is -2.20. The fourth-order valence-corrected chi connectivity index (χ4v) is 4.86. The molecule has 13 heteroatoms. The van der Waals surface area contributed by atoms with Crippen LogP contribution in [-0.2, 0) is 17.5 Å². The number of hydrogen-bond acceptors (Lipinski definition) is 8. The number of nitrogens with one attached hydrogen (secondary N) is 5. The standard InChI is InChI=1S/C27H30F3N7O2S/c1-14(2)31-11-19-8-20(10-21(16(19)4)27(28,29)30)34-25(39)18-7-6-15(3)23(9-18)37-13-22(35-36-37)24-12-32-26(40-24)33-17(5)38/h6-10,12-14,31,35-36H,11H2,1-5H3,(H,34,39)(H,32,33,38). The van der Waals surface area contributed by atoms with Gasteiger partial charge in [0.15, 0.2) is 5.13 Å². The van der Waals surface area contributed by atoms with Crippen molar-refractivity contribution in [1.82, 2.24) is 21.3 Å². The van der Waals surface area contributed by atoms with Gasteiger partial charge >= 0.3 is 6.18 Å². The summed E-state index contributed by atoms with van der Waals surface area (Å²) in [6.45, 7) is 8.76. The van der Waals surface area contributed by atoms with Crippen molar-refractivity contribution in [1.29, 1.82) is 0 Å². The number of thiazole rings is 1. The maximum atomic E-state index is 13.8. The van der Waals surface area contributed by atoms with Crippen molar-refractivity contribution in [2.24, 2.45) is 0 Å². The molecule has 0 saturated carbocycles. The van der Waals surface area contributed by atoms with Gasteiger partial charge in [0, 0.05) is 43.2 Å². The number of rotatable bonds is 8. The van der Waals surface area contributed by atoms with Crippen molar-refractivity contribution < 1.29 is 22.8 Å². The van der Waals surface area contributed by atoms with E-state index in [9.17, 15) is 22.8 Å². The lowest BCUT2D eigenvalue weighted by molar-refractivity contribution is -0.138. The molecule has 1 aromatic heterocycles.